The minimum atomic E-state index is -4.45. The first-order valence-electron chi connectivity index (χ1n) is 13.7. The lowest BCUT2D eigenvalue weighted by Crippen LogP contribution is -2.43. The second-order valence-electron chi connectivity index (χ2n) is 10.3. The molecule has 2 heterocycles. The molecular formula is C29H36F3N5O5S. The van der Waals surface area contributed by atoms with E-state index in [9.17, 15) is 26.7 Å². The average molecular weight is 624 g/mol. The van der Waals surface area contributed by atoms with E-state index in [1.165, 1.54) is 25.3 Å². The smallest absolute Gasteiger partial charge is 0.406 e. The van der Waals surface area contributed by atoms with Crippen molar-refractivity contribution in [1.82, 2.24) is 9.47 Å². The zero-order valence-corrected chi connectivity index (χ0v) is 24.8. The van der Waals surface area contributed by atoms with Gasteiger partial charge in [-0.15, -0.1) is 0 Å². The topological polar surface area (TPSA) is 131 Å². The summed E-state index contributed by atoms with van der Waals surface area (Å²) in [5, 5.41) is 21.7. The summed E-state index contributed by atoms with van der Waals surface area (Å²) in [7, 11) is -0.972. The van der Waals surface area contributed by atoms with Crippen molar-refractivity contribution in [2.45, 2.75) is 42.6 Å². The van der Waals surface area contributed by atoms with Gasteiger partial charge in [0, 0.05) is 49.9 Å². The Morgan fingerprint density at radius 3 is 2.51 bits per heavy atom. The number of aliphatic hydroxyl groups is 1. The standard InChI is InChI=1S/C29H36F3N5O5S/c1-41-22(18-38)17-36-13-10-20(11-14-36)35-25-6-3-7-27-24(25)15-21(37(27)19-29(30,31)32)5-4-12-34-26-9-8-23(43(33,39)40)16-28(26)42-2/h3,6-9,15-16,20,22,34-35,38H,10-14,17-19H2,1-2H3,(H2,33,39,40)/t22-/m0/s1. The van der Waals surface area contributed by atoms with Crippen LogP contribution in [0.15, 0.2) is 47.4 Å². The van der Waals surface area contributed by atoms with Gasteiger partial charge in [-0.05, 0) is 49.1 Å². The molecule has 0 spiro atoms. The summed E-state index contributed by atoms with van der Waals surface area (Å²) in [6.07, 6.45) is -3.02. The first-order valence-corrected chi connectivity index (χ1v) is 15.2. The summed E-state index contributed by atoms with van der Waals surface area (Å²) in [4.78, 5) is 2.11. The van der Waals surface area contributed by atoms with Gasteiger partial charge in [0.1, 0.15) is 12.3 Å². The number of hydrogen-bond acceptors (Lipinski definition) is 8. The number of nitrogens with one attached hydrogen (secondary N) is 2. The van der Waals surface area contributed by atoms with Gasteiger partial charge >= 0.3 is 6.18 Å². The zero-order valence-electron chi connectivity index (χ0n) is 23.9. The van der Waals surface area contributed by atoms with E-state index in [0.29, 0.717) is 23.1 Å². The molecule has 14 heteroatoms. The number of aromatic nitrogens is 1. The van der Waals surface area contributed by atoms with Crippen molar-refractivity contribution in [2.75, 3.05) is 57.6 Å². The Bertz CT molecular complexity index is 1570. The second kappa shape index (κ2) is 13.9. The summed E-state index contributed by atoms with van der Waals surface area (Å²) in [6, 6.07) is 11.1. The molecule has 2 aromatic carbocycles. The van der Waals surface area contributed by atoms with Gasteiger partial charge in [-0.25, -0.2) is 13.6 Å². The van der Waals surface area contributed by atoms with E-state index in [-0.39, 0.29) is 41.6 Å². The number of benzene rings is 2. The molecule has 3 aromatic rings. The van der Waals surface area contributed by atoms with Gasteiger partial charge in [-0.1, -0.05) is 12.0 Å². The van der Waals surface area contributed by atoms with Crippen molar-refractivity contribution in [2.24, 2.45) is 5.14 Å². The molecule has 1 atom stereocenters. The first kappa shape index (κ1) is 32.4. The molecule has 10 nitrogen and oxygen atoms in total. The molecule has 234 valence electrons. The monoisotopic (exact) mass is 623 g/mol. The maximum absolute atomic E-state index is 13.6. The van der Waals surface area contributed by atoms with E-state index in [0.717, 1.165) is 36.2 Å². The second-order valence-corrected chi connectivity index (χ2v) is 11.9. The van der Waals surface area contributed by atoms with Crippen LogP contribution in [0.5, 0.6) is 5.75 Å². The molecule has 0 radical (unpaired) electrons. The molecule has 4 rings (SSSR count). The van der Waals surface area contributed by atoms with Crippen molar-refractivity contribution >= 4 is 32.3 Å². The number of alkyl halides is 3. The van der Waals surface area contributed by atoms with Crippen LogP contribution in [0.2, 0.25) is 0 Å². The molecule has 1 aliphatic heterocycles. The number of ether oxygens (including phenoxy) is 2. The van der Waals surface area contributed by atoms with Gasteiger partial charge < -0.3 is 34.7 Å². The highest BCUT2D eigenvalue weighted by Gasteiger charge is 2.30. The molecule has 0 aliphatic carbocycles. The predicted molar refractivity (Wildman–Crippen MR) is 159 cm³/mol. The number of anilines is 2. The summed E-state index contributed by atoms with van der Waals surface area (Å²) in [5.41, 5.74) is 1.82. The Morgan fingerprint density at radius 1 is 1.14 bits per heavy atom. The molecule has 1 saturated heterocycles. The quantitative estimate of drug-likeness (QED) is 0.240. The van der Waals surface area contributed by atoms with Crippen molar-refractivity contribution in [1.29, 1.82) is 0 Å². The third-order valence-electron chi connectivity index (χ3n) is 7.31. The van der Waals surface area contributed by atoms with Crippen LogP contribution in [0.1, 0.15) is 18.5 Å². The highest BCUT2D eigenvalue weighted by Crippen LogP contribution is 2.31. The third-order valence-corrected chi connectivity index (χ3v) is 8.23. The van der Waals surface area contributed by atoms with Crippen LogP contribution in [0, 0.1) is 11.8 Å². The van der Waals surface area contributed by atoms with Crippen LogP contribution in [0.25, 0.3) is 10.9 Å². The van der Waals surface area contributed by atoms with Crippen LogP contribution in [0.4, 0.5) is 24.5 Å². The van der Waals surface area contributed by atoms with E-state index in [1.807, 2.05) is 6.07 Å². The molecule has 5 N–H and O–H groups in total. The minimum Gasteiger partial charge on any atom is -0.495 e. The number of nitrogens with two attached hydrogens (primary N) is 1. The molecule has 0 saturated carbocycles. The maximum atomic E-state index is 13.6. The highest BCUT2D eigenvalue weighted by atomic mass is 32.2. The van der Waals surface area contributed by atoms with E-state index < -0.39 is 22.7 Å². The minimum absolute atomic E-state index is 0.0462. The summed E-state index contributed by atoms with van der Waals surface area (Å²) >= 11 is 0. The molecule has 0 amide bonds. The Morgan fingerprint density at radius 2 is 1.88 bits per heavy atom. The van der Waals surface area contributed by atoms with Gasteiger partial charge in [-0.3, -0.25) is 0 Å². The largest absolute Gasteiger partial charge is 0.495 e. The molecule has 0 bridgehead atoms. The summed E-state index contributed by atoms with van der Waals surface area (Å²) < 4.78 is 75.7. The lowest BCUT2D eigenvalue weighted by molar-refractivity contribution is -0.140. The number of sulfonamides is 1. The van der Waals surface area contributed by atoms with Crippen LogP contribution in [-0.2, 0) is 21.3 Å². The molecule has 43 heavy (non-hydrogen) atoms. The van der Waals surface area contributed by atoms with E-state index in [4.69, 9.17) is 14.6 Å². The van der Waals surface area contributed by atoms with Crippen LogP contribution in [-0.4, -0.2) is 88.3 Å². The number of hydrogen-bond donors (Lipinski definition) is 4. The molecule has 0 unspecified atom stereocenters. The maximum Gasteiger partial charge on any atom is 0.406 e. The van der Waals surface area contributed by atoms with Gasteiger partial charge in [0.25, 0.3) is 0 Å². The van der Waals surface area contributed by atoms with Crippen molar-refractivity contribution in [3.05, 3.63) is 48.2 Å². The number of likely N-dealkylation sites (tertiary alicyclic amines) is 1. The fourth-order valence-corrected chi connectivity index (χ4v) is 5.64. The fourth-order valence-electron chi connectivity index (χ4n) is 5.11. The van der Waals surface area contributed by atoms with E-state index in [2.05, 4.69) is 27.4 Å². The number of rotatable bonds is 11. The first-order chi connectivity index (χ1) is 20.4. The lowest BCUT2D eigenvalue weighted by atomic mass is 10.0. The number of methoxy groups -OCH3 is 2. The summed E-state index contributed by atoms with van der Waals surface area (Å²) in [6.45, 7) is 1.08. The van der Waals surface area contributed by atoms with Crippen molar-refractivity contribution in [3.8, 4) is 17.6 Å². The van der Waals surface area contributed by atoms with Gasteiger partial charge in [0.2, 0.25) is 10.0 Å². The number of primary sulfonamides is 1. The molecular weight excluding hydrogens is 587 g/mol. The van der Waals surface area contributed by atoms with Gasteiger partial charge in [0.15, 0.2) is 0 Å². The highest BCUT2D eigenvalue weighted by molar-refractivity contribution is 7.89. The molecule has 1 aliphatic rings. The van der Waals surface area contributed by atoms with Crippen molar-refractivity contribution in [3.63, 3.8) is 0 Å². The Kier molecular flexibility index (Phi) is 10.5. The average Bonchev–Trinajstić information content (AvgIpc) is 3.30. The van der Waals surface area contributed by atoms with E-state index >= 15 is 0 Å². The lowest BCUT2D eigenvalue weighted by Gasteiger charge is -2.34. The Balaban J connectivity index is 1.52. The van der Waals surface area contributed by atoms with Gasteiger partial charge in [0.05, 0.1) is 48.2 Å². The van der Waals surface area contributed by atoms with E-state index in [1.54, 1.807) is 25.3 Å². The van der Waals surface area contributed by atoms with Crippen LogP contribution < -0.4 is 20.5 Å². The predicted octanol–water partition coefficient (Wildman–Crippen LogP) is 3.21. The number of piperidine rings is 1. The SMILES string of the molecule is COc1cc(S(N)(=O)=O)ccc1NCC#Cc1cc2c(NC3CCN(C[C@@H](CO)OC)CC3)cccc2n1CC(F)(F)F. The molecule has 1 aromatic heterocycles. The van der Waals surface area contributed by atoms with Crippen LogP contribution in [0.3, 0.4) is 0 Å². The number of nitrogens with zero attached hydrogens (tertiary/aromatic N) is 2. The molecule has 1 fully saturated rings. The van der Waals surface area contributed by atoms with Gasteiger partial charge in [-0.2, -0.15) is 13.2 Å². The third kappa shape index (κ3) is 8.55. The normalized spacial score (nSPS) is 15.6. The number of fused-ring (bicyclic) bond motifs is 1. The summed E-state index contributed by atoms with van der Waals surface area (Å²) in [5.74, 6) is 5.95. The Hall–Kier alpha value is -3.48. The van der Waals surface area contributed by atoms with Crippen LogP contribution >= 0.6 is 0 Å². The van der Waals surface area contributed by atoms with Crippen molar-refractivity contribution < 1.29 is 36.2 Å². The number of aliphatic hydroxyl groups excluding tert-OH is 1. The zero-order chi connectivity index (χ0) is 31.2. The Labute approximate surface area is 249 Å². The fraction of sp³-hybridized carbons (Fsp3) is 0.448. The number of halogens is 3.